The summed E-state index contributed by atoms with van der Waals surface area (Å²) >= 11 is 0. The minimum atomic E-state index is -0.352. The number of furan rings is 1. The maximum Gasteiger partial charge on any atom is 0.328 e. The lowest BCUT2D eigenvalue weighted by molar-refractivity contribution is -0.141. The number of amides is 1. The lowest BCUT2D eigenvalue weighted by atomic mass is 10.1. The van der Waals surface area contributed by atoms with E-state index in [2.05, 4.69) is 10.6 Å². The lowest BCUT2D eigenvalue weighted by Crippen LogP contribution is -2.24. The third kappa shape index (κ3) is 3.11. The molecule has 114 valence electrons. The van der Waals surface area contributed by atoms with Gasteiger partial charge in [-0.15, -0.1) is 0 Å². The van der Waals surface area contributed by atoms with Crippen LogP contribution in [0.5, 0.6) is 0 Å². The van der Waals surface area contributed by atoms with E-state index in [1.165, 1.54) is 12.5 Å². The van der Waals surface area contributed by atoms with Crippen molar-refractivity contribution in [2.75, 3.05) is 10.6 Å². The van der Waals surface area contributed by atoms with Crippen LogP contribution in [0, 0.1) is 0 Å². The van der Waals surface area contributed by atoms with Crippen molar-refractivity contribution in [3.63, 3.8) is 0 Å². The van der Waals surface area contributed by atoms with E-state index >= 15 is 0 Å². The number of benzene rings is 1. The number of hydrogen-bond acceptors (Lipinski definition) is 5. The molecule has 2 atom stereocenters. The molecule has 1 aromatic carbocycles. The number of cyclic esters (lactones) is 1. The molecule has 22 heavy (non-hydrogen) atoms. The second-order valence-corrected chi connectivity index (χ2v) is 5.23. The Morgan fingerprint density at radius 3 is 2.77 bits per heavy atom. The summed E-state index contributed by atoms with van der Waals surface area (Å²) in [5, 5.41) is 5.90. The van der Waals surface area contributed by atoms with Gasteiger partial charge in [0.2, 0.25) is 0 Å². The van der Waals surface area contributed by atoms with E-state index in [1.54, 1.807) is 24.3 Å². The summed E-state index contributed by atoms with van der Waals surface area (Å²) in [6.07, 6.45) is 3.38. The first kappa shape index (κ1) is 14.2. The van der Waals surface area contributed by atoms with Crippen molar-refractivity contribution in [2.45, 2.75) is 25.5 Å². The minimum absolute atomic E-state index is 0.0750. The highest BCUT2D eigenvalue weighted by molar-refractivity contribution is 6.04. The van der Waals surface area contributed by atoms with Gasteiger partial charge < -0.3 is 19.8 Å². The first-order valence-electron chi connectivity index (χ1n) is 7.02. The number of carbonyl (C=O) groups is 2. The third-order valence-corrected chi connectivity index (χ3v) is 3.41. The predicted molar refractivity (Wildman–Crippen MR) is 80.7 cm³/mol. The maximum absolute atomic E-state index is 12.0. The van der Waals surface area contributed by atoms with Crippen LogP contribution in [-0.4, -0.2) is 24.0 Å². The molecule has 1 amide bonds. The van der Waals surface area contributed by atoms with Crippen LogP contribution in [-0.2, 0) is 9.53 Å². The quantitative estimate of drug-likeness (QED) is 0.848. The normalized spacial score (nSPS) is 20.5. The molecule has 0 saturated carbocycles. The van der Waals surface area contributed by atoms with Gasteiger partial charge in [0.05, 0.1) is 11.8 Å². The molecule has 6 heteroatoms. The zero-order valence-corrected chi connectivity index (χ0v) is 12.0. The molecule has 0 bridgehead atoms. The van der Waals surface area contributed by atoms with Crippen LogP contribution < -0.4 is 10.6 Å². The Morgan fingerprint density at radius 1 is 1.27 bits per heavy atom. The fraction of sp³-hybridized carbons (Fsp3) is 0.250. The van der Waals surface area contributed by atoms with Crippen LogP contribution in [0.2, 0.25) is 0 Å². The summed E-state index contributed by atoms with van der Waals surface area (Å²) in [7, 11) is 0. The summed E-state index contributed by atoms with van der Waals surface area (Å²) in [4.78, 5) is 23.6. The molecule has 0 aliphatic carbocycles. The highest BCUT2D eigenvalue weighted by atomic mass is 16.6. The topological polar surface area (TPSA) is 80.6 Å². The van der Waals surface area contributed by atoms with Crippen molar-refractivity contribution >= 4 is 23.3 Å². The Kier molecular flexibility index (Phi) is 3.82. The van der Waals surface area contributed by atoms with Crippen molar-refractivity contribution < 1.29 is 18.7 Å². The Labute approximate surface area is 127 Å². The molecule has 2 N–H and O–H groups in total. The van der Waals surface area contributed by atoms with E-state index in [0.717, 1.165) is 5.69 Å². The number of rotatable bonds is 4. The van der Waals surface area contributed by atoms with Gasteiger partial charge >= 0.3 is 5.97 Å². The van der Waals surface area contributed by atoms with Gasteiger partial charge in [0.1, 0.15) is 18.4 Å². The molecule has 1 fully saturated rings. The van der Waals surface area contributed by atoms with E-state index < -0.39 is 0 Å². The largest absolute Gasteiger partial charge is 0.472 e. The van der Waals surface area contributed by atoms with Crippen LogP contribution in [0.15, 0.2) is 47.3 Å². The van der Waals surface area contributed by atoms with Gasteiger partial charge in [0, 0.05) is 17.8 Å². The number of esters is 1. The van der Waals surface area contributed by atoms with Crippen LogP contribution in [0.25, 0.3) is 0 Å². The smallest absolute Gasteiger partial charge is 0.328 e. The summed E-state index contributed by atoms with van der Waals surface area (Å²) in [6.45, 7) is 1.86. The molecule has 1 aliphatic heterocycles. The van der Waals surface area contributed by atoms with Gasteiger partial charge in [-0.2, -0.15) is 0 Å². The van der Waals surface area contributed by atoms with Gasteiger partial charge in [0.15, 0.2) is 0 Å². The SMILES string of the molecule is C[C@@H]1C[C@@H](Nc2cccc(NC(=O)c3ccoc3)c2)C(=O)O1. The van der Waals surface area contributed by atoms with Crippen LogP contribution in [0.3, 0.4) is 0 Å². The molecular formula is C16H16N2O4. The van der Waals surface area contributed by atoms with Crippen LogP contribution in [0.4, 0.5) is 11.4 Å². The number of carbonyl (C=O) groups excluding carboxylic acids is 2. The number of ether oxygens (including phenoxy) is 1. The molecule has 1 aromatic heterocycles. The van der Waals surface area contributed by atoms with E-state index in [1.807, 2.05) is 13.0 Å². The number of anilines is 2. The highest BCUT2D eigenvalue weighted by Gasteiger charge is 2.31. The maximum atomic E-state index is 12.0. The number of nitrogens with one attached hydrogen (secondary N) is 2. The zero-order valence-electron chi connectivity index (χ0n) is 12.0. The second kappa shape index (κ2) is 5.93. The van der Waals surface area contributed by atoms with Crippen LogP contribution in [0.1, 0.15) is 23.7 Å². The van der Waals surface area contributed by atoms with Gasteiger partial charge in [-0.05, 0) is 31.2 Å². The average molecular weight is 300 g/mol. The zero-order chi connectivity index (χ0) is 15.5. The highest BCUT2D eigenvalue weighted by Crippen LogP contribution is 2.22. The number of hydrogen-bond donors (Lipinski definition) is 2. The molecule has 6 nitrogen and oxygen atoms in total. The monoisotopic (exact) mass is 300 g/mol. The van der Waals surface area contributed by atoms with E-state index in [0.29, 0.717) is 17.7 Å². The van der Waals surface area contributed by atoms with Gasteiger partial charge in [-0.1, -0.05) is 6.07 Å². The summed E-state index contributed by atoms with van der Waals surface area (Å²) < 4.78 is 9.99. The molecule has 2 aromatic rings. The van der Waals surface area contributed by atoms with Gasteiger partial charge in [-0.25, -0.2) is 4.79 Å². The summed E-state index contributed by atoms with van der Waals surface area (Å²) in [5.41, 5.74) is 1.84. The molecule has 1 saturated heterocycles. The minimum Gasteiger partial charge on any atom is -0.472 e. The van der Waals surface area contributed by atoms with E-state index in [4.69, 9.17) is 9.15 Å². The summed E-state index contributed by atoms with van der Waals surface area (Å²) in [5.74, 6) is -0.500. The summed E-state index contributed by atoms with van der Waals surface area (Å²) in [6, 6.07) is 8.43. The van der Waals surface area contributed by atoms with Gasteiger partial charge in [0.25, 0.3) is 5.91 Å². The van der Waals surface area contributed by atoms with E-state index in [9.17, 15) is 9.59 Å². The fourth-order valence-corrected chi connectivity index (χ4v) is 2.36. The molecule has 3 rings (SSSR count). The molecule has 0 unspecified atom stereocenters. The Bertz CT molecular complexity index is 681. The van der Waals surface area contributed by atoms with E-state index in [-0.39, 0.29) is 24.0 Å². The van der Waals surface area contributed by atoms with Crippen molar-refractivity contribution in [3.05, 3.63) is 48.4 Å². The molecule has 1 aliphatic rings. The first-order valence-corrected chi connectivity index (χ1v) is 7.02. The predicted octanol–water partition coefficient (Wildman–Crippen LogP) is 2.65. The third-order valence-electron chi connectivity index (χ3n) is 3.41. The first-order chi connectivity index (χ1) is 10.6. The molecule has 2 heterocycles. The fourth-order valence-electron chi connectivity index (χ4n) is 2.36. The van der Waals surface area contributed by atoms with Crippen LogP contribution >= 0.6 is 0 Å². The van der Waals surface area contributed by atoms with Crippen molar-refractivity contribution in [3.8, 4) is 0 Å². The van der Waals surface area contributed by atoms with Crippen molar-refractivity contribution in [1.29, 1.82) is 0 Å². The molecular weight excluding hydrogens is 284 g/mol. The Morgan fingerprint density at radius 2 is 2.09 bits per heavy atom. The Balaban J connectivity index is 1.67. The average Bonchev–Trinajstić information content (AvgIpc) is 3.10. The molecule has 0 radical (unpaired) electrons. The van der Waals surface area contributed by atoms with Crippen molar-refractivity contribution in [1.82, 2.24) is 0 Å². The lowest BCUT2D eigenvalue weighted by Gasteiger charge is -2.12. The van der Waals surface area contributed by atoms with Crippen molar-refractivity contribution in [2.24, 2.45) is 0 Å². The molecule has 0 spiro atoms. The van der Waals surface area contributed by atoms with Gasteiger partial charge in [-0.3, -0.25) is 4.79 Å². The second-order valence-electron chi connectivity index (χ2n) is 5.23. The standard InChI is InChI=1S/C16H16N2O4/c1-10-7-14(16(20)22-10)17-12-3-2-4-13(8-12)18-15(19)11-5-6-21-9-11/h2-6,8-10,14,17H,7H2,1H3,(H,18,19)/t10-,14-/m1/s1. The Hall–Kier alpha value is -2.76.